The van der Waals surface area contributed by atoms with Crippen molar-refractivity contribution >= 4 is 12.1 Å². The van der Waals surface area contributed by atoms with E-state index in [1.165, 1.54) is 24.9 Å². The average Bonchev–Trinajstić information content (AvgIpc) is 2.78. The molecular formula is C14H25NO4. The molecule has 1 rings (SSSR count). The normalized spacial score (nSPS) is 16.2. The van der Waals surface area contributed by atoms with Gasteiger partial charge in [0.15, 0.2) is 0 Å². The van der Waals surface area contributed by atoms with Crippen molar-refractivity contribution in [3.8, 4) is 0 Å². The molecule has 0 unspecified atom stereocenters. The van der Waals surface area contributed by atoms with E-state index in [2.05, 4.69) is 4.74 Å². The standard InChI is InChI=1S/C14H25NO4/c1-14(2,3)19-13(17)15(10-12(16)18-4)9-11-7-5-6-8-11/h11H,5-10H2,1-4H3. The maximum Gasteiger partial charge on any atom is 0.410 e. The fourth-order valence-corrected chi connectivity index (χ4v) is 2.26. The molecule has 0 aromatic rings. The Balaban J connectivity index is 2.61. The van der Waals surface area contributed by atoms with Gasteiger partial charge in [-0.3, -0.25) is 9.69 Å². The number of carbonyl (C=O) groups is 2. The van der Waals surface area contributed by atoms with Crippen LogP contribution in [0.15, 0.2) is 0 Å². The molecule has 0 spiro atoms. The second kappa shape index (κ2) is 6.78. The van der Waals surface area contributed by atoms with Gasteiger partial charge >= 0.3 is 12.1 Å². The van der Waals surface area contributed by atoms with Crippen LogP contribution in [0.2, 0.25) is 0 Å². The summed E-state index contributed by atoms with van der Waals surface area (Å²) < 4.78 is 9.97. The molecule has 1 aliphatic rings. The van der Waals surface area contributed by atoms with E-state index in [1.54, 1.807) is 0 Å². The van der Waals surface area contributed by atoms with Gasteiger partial charge in [-0.2, -0.15) is 0 Å². The Morgan fingerprint density at radius 2 is 1.79 bits per heavy atom. The lowest BCUT2D eigenvalue weighted by atomic mass is 10.1. The van der Waals surface area contributed by atoms with Crippen LogP contribution < -0.4 is 0 Å². The Morgan fingerprint density at radius 3 is 2.26 bits per heavy atom. The topological polar surface area (TPSA) is 55.8 Å². The van der Waals surface area contributed by atoms with E-state index in [4.69, 9.17) is 4.74 Å². The molecule has 5 nitrogen and oxygen atoms in total. The molecule has 1 fully saturated rings. The van der Waals surface area contributed by atoms with Gasteiger partial charge in [0.2, 0.25) is 0 Å². The van der Waals surface area contributed by atoms with Crippen LogP contribution in [0.25, 0.3) is 0 Å². The van der Waals surface area contributed by atoms with Crippen LogP contribution in [-0.2, 0) is 14.3 Å². The molecule has 110 valence electrons. The lowest BCUT2D eigenvalue weighted by Gasteiger charge is -2.28. The first-order valence-electron chi connectivity index (χ1n) is 6.86. The SMILES string of the molecule is COC(=O)CN(CC1CCCC1)C(=O)OC(C)(C)C. The van der Waals surface area contributed by atoms with Crippen molar-refractivity contribution < 1.29 is 19.1 Å². The molecular weight excluding hydrogens is 246 g/mol. The van der Waals surface area contributed by atoms with Gasteiger partial charge in [0.25, 0.3) is 0 Å². The lowest BCUT2D eigenvalue weighted by Crippen LogP contribution is -2.42. The monoisotopic (exact) mass is 271 g/mol. The van der Waals surface area contributed by atoms with Crippen LogP contribution in [0, 0.1) is 5.92 Å². The molecule has 0 N–H and O–H groups in total. The smallest absolute Gasteiger partial charge is 0.410 e. The number of esters is 1. The molecule has 0 aromatic heterocycles. The number of amides is 1. The molecule has 1 aliphatic carbocycles. The maximum atomic E-state index is 12.1. The first kappa shape index (κ1) is 15.8. The fraction of sp³-hybridized carbons (Fsp3) is 0.857. The highest BCUT2D eigenvalue weighted by Crippen LogP contribution is 2.26. The molecule has 0 bridgehead atoms. The maximum absolute atomic E-state index is 12.1. The van der Waals surface area contributed by atoms with Gasteiger partial charge in [-0.25, -0.2) is 4.79 Å². The van der Waals surface area contributed by atoms with E-state index >= 15 is 0 Å². The van der Waals surface area contributed by atoms with Crippen LogP contribution >= 0.6 is 0 Å². The van der Waals surface area contributed by atoms with Gasteiger partial charge in [-0.05, 0) is 39.5 Å². The third kappa shape index (κ3) is 5.94. The lowest BCUT2D eigenvalue weighted by molar-refractivity contribution is -0.142. The first-order chi connectivity index (χ1) is 8.81. The summed E-state index contributed by atoms with van der Waals surface area (Å²) in [5.74, 6) is 0.0565. The average molecular weight is 271 g/mol. The second-order valence-corrected chi connectivity index (χ2v) is 6.09. The summed E-state index contributed by atoms with van der Waals surface area (Å²) in [5, 5.41) is 0. The minimum Gasteiger partial charge on any atom is -0.468 e. The largest absolute Gasteiger partial charge is 0.468 e. The Hall–Kier alpha value is -1.26. The number of carbonyl (C=O) groups excluding carboxylic acids is 2. The van der Waals surface area contributed by atoms with Gasteiger partial charge in [0.05, 0.1) is 7.11 Å². The van der Waals surface area contributed by atoms with Crippen LogP contribution in [-0.4, -0.2) is 42.8 Å². The Morgan fingerprint density at radius 1 is 1.21 bits per heavy atom. The van der Waals surface area contributed by atoms with Gasteiger partial charge in [-0.15, -0.1) is 0 Å². The van der Waals surface area contributed by atoms with Crippen molar-refractivity contribution in [1.29, 1.82) is 0 Å². The molecule has 0 atom stereocenters. The summed E-state index contributed by atoms with van der Waals surface area (Å²) in [6.45, 7) is 5.98. The van der Waals surface area contributed by atoms with Crippen LogP contribution in [0.4, 0.5) is 4.79 Å². The summed E-state index contributed by atoms with van der Waals surface area (Å²) in [6, 6.07) is 0. The molecule has 1 saturated carbocycles. The van der Waals surface area contributed by atoms with Gasteiger partial charge < -0.3 is 9.47 Å². The van der Waals surface area contributed by atoms with Gasteiger partial charge in [0, 0.05) is 6.54 Å². The number of nitrogens with zero attached hydrogens (tertiary/aromatic N) is 1. The van der Waals surface area contributed by atoms with Crippen molar-refractivity contribution in [3.63, 3.8) is 0 Å². The van der Waals surface area contributed by atoms with E-state index in [-0.39, 0.29) is 6.54 Å². The summed E-state index contributed by atoms with van der Waals surface area (Å²) in [7, 11) is 1.32. The van der Waals surface area contributed by atoms with Crippen molar-refractivity contribution in [3.05, 3.63) is 0 Å². The third-order valence-corrected chi connectivity index (χ3v) is 3.15. The fourth-order valence-electron chi connectivity index (χ4n) is 2.26. The number of methoxy groups -OCH3 is 1. The van der Waals surface area contributed by atoms with E-state index in [0.717, 1.165) is 12.8 Å². The Bertz CT molecular complexity index is 316. The molecule has 0 aromatic carbocycles. The van der Waals surface area contributed by atoms with E-state index < -0.39 is 17.7 Å². The van der Waals surface area contributed by atoms with Crippen molar-refractivity contribution in [2.75, 3.05) is 20.2 Å². The molecule has 0 aliphatic heterocycles. The van der Waals surface area contributed by atoms with Crippen LogP contribution in [0.3, 0.4) is 0 Å². The summed E-state index contributed by atoms with van der Waals surface area (Å²) in [4.78, 5) is 25.0. The number of ether oxygens (including phenoxy) is 2. The van der Waals surface area contributed by atoms with E-state index in [1.807, 2.05) is 20.8 Å². The number of hydrogen-bond acceptors (Lipinski definition) is 4. The van der Waals surface area contributed by atoms with Crippen molar-refractivity contribution in [2.24, 2.45) is 5.92 Å². The highest BCUT2D eigenvalue weighted by molar-refractivity contribution is 5.78. The highest BCUT2D eigenvalue weighted by Gasteiger charge is 2.27. The molecule has 0 radical (unpaired) electrons. The van der Waals surface area contributed by atoms with Crippen LogP contribution in [0.1, 0.15) is 46.5 Å². The Kier molecular flexibility index (Phi) is 5.63. The predicted octanol–water partition coefficient (Wildman–Crippen LogP) is 2.59. The zero-order chi connectivity index (χ0) is 14.5. The molecule has 1 amide bonds. The number of hydrogen-bond donors (Lipinski definition) is 0. The predicted molar refractivity (Wildman–Crippen MR) is 71.8 cm³/mol. The summed E-state index contributed by atoms with van der Waals surface area (Å²) in [5.41, 5.74) is -0.554. The highest BCUT2D eigenvalue weighted by atomic mass is 16.6. The minimum atomic E-state index is -0.554. The van der Waals surface area contributed by atoms with Gasteiger partial charge in [-0.1, -0.05) is 12.8 Å². The van der Waals surface area contributed by atoms with E-state index in [0.29, 0.717) is 12.5 Å². The molecule has 0 heterocycles. The molecule has 19 heavy (non-hydrogen) atoms. The number of rotatable bonds is 4. The zero-order valence-corrected chi connectivity index (χ0v) is 12.4. The third-order valence-electron chi connectivity index (χ3n) is 3.15. The summed E-state index contributed by atoms with van der Waals surface area (Å²) >= 11 is 0. The second-order valence-electron chi connectivity index (χ2n) is 6.09. The van der Waals surface area contributed by atoms with Crippen LogP contribution in [0.5, 0.6) is 0 Å². The van der Waals surface area contributed by atoms with Crippen molar-refractivity contribution in [2.45, 2.75) is 52.1 Å². The van der Waals surface area contributed by atoms with E-state index in [9.17, 15) is 9.59 Å². The summed E-state index contributed by atoms with van der Waals surface area (Å²) in [6.07, 6.45) is 4.18. The molecule has 5 heteroatoms. The first-order valence-corrected chi connectivity index (χ1v) is 6.86. The quantitative estimate of drug-likeness (QED) is 0.737. The van der Waals surface area contributed by atoms with Crippen molar-refractivity contribution in [1.82, 2.24) is 4.90 Å². The molecule has 0 saturated heterocycles. The minimum absolute atomic E-state index is 0.0398. The van der Waals surface area contributed by atoms with Gasteiger partial charge in [0.1, 0.15) is 12.1 Å². The zero-order valence-electron chi connectivity index (χ0n) is 12.4. The Labute approximate surface area is 115 Å².